The minimum Gasteiger partial charge on any atom is -0.395 e. The summed E-state index contributed by atoms with van der Waals surface area (Å²) in [6, 6.07) is 4.09. The maximum atomic E-state index is 13.9. The van der Waals surface area contributed by atoms with Crippen LogP contribution in [0.2, 0.25) is 0 Å². The van der Waals surface area contributed by atoms with E-state index in [2.05, 4.69) is 5.32 Å². The Morgan fingerprint density at radius 1 is 1.00 bits per heavy atom. The SMILES string of the molecule is C.Cc1cc(F)ccc1[C@H]1CN(C(=O)NCCO)CC[C@@H]1N(C)C(=O)C(C)(C)c1cc(C(F)(F)F)cc(C(F)(F)F)c1. The van der Waals surface area contributed by atoms with E-state index in [-0.39, 0.29) is 46.2 Å². The highest BCUT2D eigenvalue weighted by Gasteiger charge is 2.44. The molecule has 0 spiro atoms. The summed E-state index contributed by atoms with van der Waals surface area (Å²) < 4.78 is 95.0. The lowest BCUT2D eigenvalue weighted by molar-refractivity contribution is -0.144. The number of rotatable bonds is 6. The molecule has 0 saturated carbocycles. The maximum absolute atomic E-state index is 13.9. The van der Waals surface area contributed by atoms with Crippen molar-refractivity contribution in [2.45, 2.75) is 64.3 Å². The number of aliphatic hydroxyl groups is 1. The summed E-state index contributed by atoms with van der Waals surface area (Å²) in [6.45, 7) is 4.19. The monoisotopic (exact) mass is 607 g/mol. The summed E-state index contributed by atoms with van der Waals surface area (Å²) in [4.78, 5) is 29.2. The van der Waals surface area contributed by atoms with E-state index >= 15 is 0 Å². The zero-order valence-electron chi connectivity index (χ0n) is 23.0. The fourth-order valence-corrected chi connectivity index (χ4v) is 5.25. The summed E-state index contributed by atoms with van der Waals surface area (Å²) in [5, 5.41) is 11.6. The number of hydrogen-bond donors (Lipinski definition) is 2. The minimum absolute atomic E-state index is 0. The molecule has 1 fully saturated rings. The molecule has 0 aliphatic carbocycles. The number of nitrogens with zero attached hydrogens (tertiary/aromatic N) is 2. The van der Waals surface area contributed by atoms with E-state index in [1.165, 1.54) is 48.9 Å². The van der Waals surface area contributed by atoms with Gasteiger partial charge < -0.3 is 20.2 Å². The molecule has 2 aromatic rings. The molecular formula is C29H36F7N3O3. The molecule has 3 amide bonds. The molecular weight excluding hydrogens is 571 g/mol. The van der Waals surface area contributed by atoms with Crippen LogP contribution in [0.5, 0.6) is 0 Å². The molecule has 0 bridgehead atoms. The number of aryl methyl sites for hydroxylation is 1. The van der Waals surface area contributed by atoms with Gasteiger partial charge in [0.2, 0.25) is 5.91 Å². The molecule has 234 valence electrons. The Morgan fingerprint density at radius 3 is 2.05 bits per heavy atom. The average Bonchev–Trinajstić information content (AvgIpc) is 2.89. The zero-order chi connectivity index (χ0) is 30.9. The number of likely N-dealkylation sites (N-methyl/N-ethyl adjacent to an activating group) is 1. The number of likely N-dealkylation sites (tertiary alicyclic amines) is 1. The third kappa shape index (κ3) is 7.53. The first-order valence-electron chi connectivity index (χ1n) is 12.8. The predicted molar refractivity (Wildman–Crippen MR) is 143 cm³/mol. The summed E-state index contributed by atoms with van der Waals surface area (Å²) >= 11 is 0. The first-order chi connectivity index (χ1) is 18.9. The Kier molecular flexibility index (Phi) is 10.7. The molecule has 2 aromatic carbocycles. The fourth-order valence-electron chi connectivity index (χ4n) is 5.25. The lowest BCUT2D eigenvalue weighted by Crippen LogP contribution is -2.56. The Bertz CT molecular complexity index is 1250. The third-order valence-corrected chi connectivity index (χ3v) is 7.54. The van der Waals surface area contributed by atoms with E-state index in [9.17, 15) is 40.3 Å². The molecule has 42 heavy (non-hydrogen) atoms. The first-order valence-corrected chi connectivity index (χ1v) is 12.8. The Hall–Kier alpha value is -3.35. The van der Waals surface area contributed by atoms with Crippen molar-refractivity contribution in [1.29, 1.82) is 0 Å². The van der Waals surface area contributed by atoms with Gasteiger partial charge in [-0.2, -0.15) is 26.3 Å². The third-order valence-electron chi connectivity index (χ3n) is 7.54. The number of aliphatic hydroxyl groups excluding tert-OH is 1. The number of carbonyl (C=O) groups is 2. The van der Waals surface area contributed by atoms with E-state index < -0.39 is 64.2 Å². The van der Waals surface area contributed by atoms with Crippen LogP contribution in [-0.2, 0) is 22.6 Å². The highest BCUT2D eigenvalue weighted by atomic mass is 19.4. The number of hydrogen-bond acceptors (Lipinski definition) is 3. The molecule has 0 radical (unpaired) electrons. The summed E-state index contributed by atoms with van der Waals surface area (Å²) in [5.74, 6) is -1.77. The molecule has 13 heteroatoms. The van der Waals surface area contributed by atoms with E-state index in [1.54, 1.807) is 6.92 Å². The molecule has 6 nitrogen and oxygen atoms in total. The van der Waals surface area contributed by atoms with Crippen molar-refractivity contribution in [2.24, 2.45) is 0 Å². The highest BCUT2D eigenvalue weighted by molar-refractivity contribution is 5.88. The van der Waals surface area contributed by atoms with Crippen molar-refractivity contribution >= 4 is 11.9 Å². The Morgan fingerprint density at radius 2 is 1.55 bits per heavy atom. The number of urea groups is 1. The van der Waals surface area contributed by atoms with Gasteiger partial charge in [0.05, 0.1) is 23.1 Å². The second-order valence-electron chi connectivity index (χ2n) is 10.7. The summed E-state index contributed by atoms with van der Waals surface area (Å²) in [5.41, 5.74) is -4.11. The molecule has 0 aromatic heterocycles. The number of carbonyl (C=O) groups excluding carboxylic acids is 2. The van der Waals surface area contributed by atoms with Crippen molar-refractivity contribution in [2.75, 3.05) is 33.3 Å². The average molecular weight is 608 g/mol. The molecule has 0 unspecified atom stereocenters. The van der Waals surface area contributed by atoms with E-state index in [1.807, 2.05) is 0 Å². The number of halogens is 7. The Labute approximate surface area is 240 Å². The van der Waals surface area contributed by atoms with Gasteiger partial charge in [-0.15, -0.1) is 0 Å². The van der Waals surface area contributed by atoms with Crippen LogP contribution in [-0.4, -0.2) is 66.2 Å². The quantitative estimate of drug-likeness (QED) is 0.390. The second kappa shape index (κ2) is 12.9. The number of piperidine rings is 1. The first kappa shape index (κ1) is 34.8. The van der Waals surface area contributed by atoms with Crippen molar-refractivity contribution in [3.05, 3.63) is 70.0 Å². The van der Waals surface area contributed by atoms with Gasteiger partial charge in [0.25, 0.3) is 0 Å². The predicted octanol–water partition coefficient (Wildman–Crippen LogP) is 6.10. The van der Waals surface area contributed by atoms with Crippen LogP contribution in [0.3, 0.4) is 0 Å². The minimum atomic E-state index is -5.07. The van der Waals surface area contributed by atoms with Gasteiger partial charge >= 0.3 is 18.4 Å². The topological polar surface area (TPSA) is 72.9 Å². The smallest absolute Gasteiger partial charge is 0.395 e. The molecule has 2 N–H and O–H groups in total. The van der Waals surface area contributed by atoms with Gasteiger partial charge in [-0.1, -0.05) is 13.5 Å². The van der Waals surface area contributed by atoms with Crippen LogP contribution >= 0.6 is 0 Å². The van der Waals surface area contributed by atoms with Crippen LogP contribution in [0.1, 0.15) is 61.4 Å². The summed E-state index contributed by atoms with van der Waals surface area (Å²) in [6.07, 6.45) is -9.92. The van der Waals surface area contributed by atoms with Crippen LogP contribution in [0, 0.1) is 12.7 Å². The van der Waals surface area contributed by atoms with Crippen LogP contribution in [0.15, 0.2) is 36.4 Å². The van der Waals surface area contributed by atoms with Crippen LogP contribution < -0.4 is 5.32 Å². The Balaban J connectivity index is 0.00000616. The number of nitrogens with one attached hydrogen (secondary N) is 1. The normalized spacial score (nSPS) is 17.9. The van der Waals surface area contributed by atoms with Gasteiger partial charge in [0.1, 0.15) is 5.82 Å². The van der Waals surface area contributed by atoms with Crippen molar-refractivity contribution in [3.8, 4) is 0 Å². The van der Waals surface area contributed by atoms with Gasteiger partial charge in [0.15, 0.2) is 0 Å². The van der Waals surface area contributed by atoms with E-state index in [0.29, 0.717) is 23.3 Å². The van der Waals surface area contributed by atoms with Crippen molar-refractivity contribution in [3.63, 3.8) is 0 Å². The van der Waals surface area contributed by atoms with Crippen molar-refractivity contribution in [1.82, 2.24) is 15.1 Å². The van der Waals surface area contributed by atoms with Crippen LogP contribution in [0.25, 0.3) is 0 Å². The lowest BCUT2D eigenvalue weighted by Gasteiger charge is -2.45. The molecule has 2 atom stereocenters. The van der Waals surface area contributed by atoms with Gasteiger partial charge in [0, 0.05) is 38.6 Å². The molecule has 1 saturated heterocycles. The van der Waals surface area contributed by atoms with E-state index in [0.717, 1.165) is 0 Å². The lowest BCUT2D eigenvalue weighted by atomic mass is 9.78. The number of amides is 3. The maximum Gasteiger partial charge on any atom is 0.416 e. The van der Waals surface area contributed by atoms with Crippen molar-refractivity contribution < 1.29 is 45.4 Å². The van der Waals surface area contributed by atoms with E-state index in [4.69, 9.17) is 5.11 Å². The largest absolute Gasteiger partial charge is 0.416 e. The molecule has 1 aliphatic heterocycles. The zero-order valence-corrected chi connectivity index (χ0v) is 23.0. The molecule has 3 rings (SSSR count). The number of alkyl halides is 6. The summed E-state index contributed by atoms with van der Waals surface area (Å²) in [7, 11) is 1.42. The van der Waals surface area contributed by atoms with Gasteiger partial charge in [-0.05, 0) is 74.2 Å². The van der Waals surface area contributed by atoms with Gasteiger partial charge in [-0.25, -0.2) is 9.18 Å². The molecule has 1 aliphatic rings. The standard InChI is InChI=1S/C28H32F7N3O3.CH4/c1-16-11-20(29)5-6-21(16)22-15-38(25(41)36-8-10-39)9-7-23(22)37(4)24(40)26(2,3)17-12-18(27(30,31)32)14-19(13-17)28(33,34)35;/h5-6,11-14,22-23,39H,7-10,15H2,1-4H3,(H,36,41);1H4/t22-,23+;/m1./s1. The number of benzene rings is 2. The fraction of sp³-hybridized carbons (Fsp3) is 0.517. The molecule has 1 heterocycles. The second-order valence-corrected chi connectivity index (χ2v) is 10.7. The highest BCUT2D eigenvalue weighted by Crippen LogP contribution is 2.40. The van der Waals surface area contributed by atoms with Crippen LogP contribution in [0.4, 0.5) is 35.5 Å². The van der Waals surface area contributed by atoms with Gasteiger partial charge in [-0.3, -0.25) is 4.79 Å².